The number of urea groups is 1. The van der Waals surface area contributed by atoms with Crippen molar-refractivity contribution in [3.8, 4) is 0 Å². The van der Waals surface area contributed by atoms with Crippen LogP contribution in [0, 0.1) is 0 Å². The molecule has 4 nitrogen and oxygen atoms in total. The van der Waals surface area contributed by atoms with Gasteiger partial charge in [0.05, 0.1) is 0 Å². The van der Waals surface area contributed by atoms with E-state index < -0.39 is 18.2 Å². The number of hydrogen-bond acceptors (Lipinski definition) is 2. The Labute approximate surface area is 72.8 Å². The molecule has 0 aliphatic rings. The standard InChI is InChI=1S/C7H7F2N3O/c8-6(9)5-3-4(1-2-11-5)12-7(10)13/h1-3,6H,(H3,10,11,12,13). The van der Waals surface area contributed by atoms with Gasteiger partial charge < -0.3 is 11.1 Å². The fourth-order valence-electron chi connectivity index (χ4n) is 0.788. The highest BCUT2D eigenvalue weighted by Crippen LogP contribution is 2.18. The second kappa shape index (κ2) is 3.79. The largest absolute Gasteiger partial charge is 0.351 e. The molecule has 0 atom stereocenters. The van der Waals surface area contributed by atoms with Crippen LogP contribution in [0.3, 0.4) is 0 Å². The van der Waals surface area contributed by atoms with Gasteiger partial charge in [0, 0.05) is 11.9 Å². The zero-order valence-corrected chi connectivity index (χ0v) is 6.50. The van der Waals surface area contributed by atoms with Gasteiger partial charge in [0.1, 0.15) is 5.69 Å². The monoisotopic (exact) mass is 187 g/mol. The molecule has 0 aliphatic heterocycles. The summed E-state index contributed by atoms with van der Waals surface area (Å²) in [5.74, 6) is 0. The lowest BCUT2D eigenvalue weighted by atomic mass is 10.3. The number of pyridine rings is 1. The van der Waals surface area contributed by atoms with Crippen molar-refractivity contribution in [2.75, 3.05) is 5.32 Å². The summed E-state index contributed by atoms with van der Waals surface area (Å²) in [7, 11) is 0. The maximum Gasteiger partial charge on any atom is 0.316 e. The number of nitrogens with two attached hydrogens (primary N) is 1. The molecule has 1 rings (SSSR count). The molecule has 0 bridgehead atoms. The molecule has 3 N–H and O–H groups in total. The molecule has 1 aromatic heterocycles. The molecule has 0 saturated heterocycles. The minimum Gasteiger partial charge on any atom is -0.351 e. The highest BCUT2D eigenvalue weighted by molar-refractivity contribution is 5.87. The highest BCUT2D eigenvalue weighted by atomic mass is 19.3. The first-order valence-electron chi connectivity index (χ1n) is 3.40. The van der Waals surface area contributed by atoms with Crippen LogP contribution >= 0.6 is 0 Å². The Morgan fingerprint density at radius 2 is 2.31 bits per heavy atom. The molecule has 0 spiro atoms. The van der Waals surface area contributed by atoms with Crippen LogP contribution in [0.15, 0.2) is 18.3 Å². The summed E-state index contributed by atoms with van der Waals surface area (Å²) in [6.07, 6.45) is -1.48. The van der Waals surface area contributed by atoms with Crippen molar-refractivity contribution in [3.05, 3.63) is 24.0 Å². The number of alkyl halides is 2. The number of rotatable bonds is 2. The summed E-state index contributed by atoms with van der Waals surface area (Å²) in [6.45, 7) is 0. The third-order valence-corrected chi connectivity index (χ3v) is 1.27. The molecule has 0 radical (unpaired) electrons. The van der Waals surface area contributed by atoms with Gasteiger partial charge in [0.25, 0.3) is 6.43 Å². The first-order valence-corrected chi connectivity index (χ1v) is 3.40. The van der Waals surface area contributed by atoms with E-state index in [0.29, 0.717) is 0 Å². The number of amides is 2. The molecular formula is C7H7F2N3O. The van der Waals surface area contributed by atoms with Gasteiger partial charge >= 0.3 is 6.03 Å². The number of aromatic nitrogens is 1. The normalized spacial score (nSPS) is 10.1. The molecule has 0 fully saturated rings. The van der Waals surface area contributed by atoms with E-state index in [9.17, 15) is 13.6 Å². The predicted octanol–water partition coefficient (Wildman–Crippen LogP) is 1.51. The summed E-state index contributed by atoms with van der Waals surface area (Å²) in [5.41, 5.74) is 4.60. The molecule has 0 aromatic carbocycles. The maximum absolute atomic E-state index is 12.1. The molecular weight excluding hydrogens is 180 g/mol. The molecule has 1 heterocycles. The van der Waals surface area contributed by atoms with Crippen molar-refractivity contribution in [2.24, 2.45) is 5.73 Å². The SMILES string of the molecule is NC(=O)Nc1ccnc(C(F)F)c1. The quantitative estimate of drug-likeness (QED) is 0.736. The maximum atomic E-state index is 12.1. The Kier molecular flexibility index (Phi) is 2.73. The van der Waals surface area contributed by atoms with Crippen LogP contribution in [0.5, 0.6) is 0 Å². The lowest BCUT2D eigenvalue weighted by molar-refractivity contribution is 0.146. The summed E-state index contributed by atoms with van der Waals surface area (Å²) < 4.78 is 24.2. The second-order valence-corrected chi connectivity index (χ2v) is 2.26. The van der Waals surface area contributed by atoms with E-state index in [4.69, 9.17) is 5.73 Å². The minimum atomic E-state index is -2.66. The lowest BCUT2D eigenvalue weighted by Crippen LogP contribution is -2.19. The van der Waals surface area contributed by atoms with E-state index >= 15 is 0 Å². The van der Waals surface area contributed by atoms with Crippen LogP contribution < -0.4 is 11.1 Å². The van der Waals surface area contributed by atoms with Crippen molar-refractivity contribution in [1.82, 2.24) is 4.98 Å². The zero-order valence-electron chi connectivity index (χ0n) is 6.50. The van der Waals surface area contributed by atoms with E-state index in [2.05, 4.69) is 10.3 Å². The Morgan fingerprint density at radius 1 is 1.62 bits per heavy atom. The predicted molar refractivity (Wildman–Crippen MR) is 42.4 cm³/mol. The Morgan fingerprint density at radius 3 is 2.85 bits per heavy atom. The number of anilines is 1. The number of primary amides is 1. The molecule has 6 heteroatoms. The molecule has 0 aliphatic carbocycles. The van der Waals surface area contributed by atoms with Crippen molar-refractivity contribution in [2.45, 2.75) is 6.43 Å². The van der Waals surface area contributed by atoms with Crippen LogP contribution in [0.1, 0.15) is 12.1 Å². The lowest BCUT2D eigenvalue weighted by Gasteiger charge is -2.03. The van der Waals surface area contributed by atoms with Crippen molar-refractivity contribution in [3.63, 3.8) is 0 Å². The van der Waals surface area contributed by atoms with Gasteiger partial charge in [-0.2, -0.15) is 0 Å². The topological polar surface area (TPSA) is 68.0 Å². The van der Waals surface area contributed by atoms with E-state index in [-0.39, 0.29) is 5.69 Å². The van der Waals surface area contributed by atoms with Crippen LogP contribution in [-0.2, 0) is 0 Å². The fraction of sp³-hybridized carbons (Fsp3) is 0.143. The van der Waals surface area contributed by atoms with Gasteiger partial charge in [-0.15, -0.1) is 0 Å². The number of nitrogens with one attached hydrogen (secondary N) is 1. The summed E-state index contributed by atoms with van der Waals surface area (Å²) in [6, 6.07) is 1.64. The summed E-state index contributed by atoms with van der Waals surface area (Å²) >= 11 is 0. The van der Waals surface area contributed by atoms with E-state index in [1.165, 1.54) is 12.3 Å². The number of halogens is 2. The van der Waals surface area contributed by atoms with E-state index in [1.54, 1.807) is 0 Å². The number of nitrogens with zero attached hydrogens (tertiary/aromatic N) is 1. The smallest absolute Gasteiger partial charge is 0.316 e. The molecule has 0 unspecified atom stereocenters. The fourth-order valence-corrected chi connectivity index (χ4v) is 0.788. The van der Waals surface area contributed by atoms with Crippen molar-refractivity contribution in [1.29, 1.82) is 0 Å². The van der Waals surface area contributed by atoms with Gasteiger partial charge in [0.15, 0.2) is 0 Å². The average molecular weight is 187 g/mol. The number of hydrogen-bond donors (Lipinski definition) is 2. The van der Waals surface area contributed by atoms with E-state index in [1.807, 2.05) is 0 Å². The first kappa shape index (κ1) is 9.37. The average Bonchev–Trinajstić information content (AvgIpc) is 2.03. The van der Waals surface area contributed by atoms with Crippen LogP contribution in [0.4, 0.5) is 19.3 Å². The van der Waals surface area contributed by atoms with Gasteiger partial charge in [-0.05, 0) is 12.1 Å². The summed E-state index contributed by atoms with van der Waals surface area (Å²) in [5, 5.41) is 2.17. The minimum absolute atomic E-state index is 0.206. The van der Waals surface area contributed by atoms with E-state index in [0.717, 1.165) is 6.07 Å². The molecule has 13 heavy (non-hydrogen) atoms. The first-order chi connectivity index (χ1) is 6.09. The second-order valence-electron chi connectivity index (χ2n) is 2.26. The van der Waals surface area contributed by atoms with Crippen molar-refractivity contribution < 1.29 is 13.6 Å². The third kappa shape index (κ3) is 2.66. The summed E-state index contributed by atoms with van der Waals surface area (Å²) in [4.78, 5) is 13.8. The highest BCUT2D eigenvalue weighted by Gasteiger charge is 2.08. The Balaban J connectivity index is 2.85. The molecule has 70 valence electrons. The van der Waals surface area contributed by atoms with Crippen LogP contribution in [-0.4, -0.2) is 11.0 Å². The molecule has 1 aromatic rings. The van der Waals surface area contributed by atoms with Gasteiger partial charge in [-0.1, -0.05) is 0 Å². The van der Waals surface area contributed by atoms with Gasteiger partial charge in [-0.25, -0.2) is 13.6 Å². The number of carbonyl (C=O) groups is 1. The number of carbonyl (C=O) groups excluding carboxylic acids is 1. The molecule has 0 saturated carbocycles. The van der Waals surface area contributed by atoms with Crippen molar-refractivity contribution >= 4 is 11.7 Å². The zero-order chi connectivity index (χ0) is 9.84. The van der Waals surface area contributed by atoms with Gasteiger partial charge in [0.2, 0.25) is 0 Å². The third-order valence-electron chi connectivity index (χ3n) is 1.27. The van der Waals surface area contributed by atoms with Crippen LogP contribution in [0.25, 0.3) is 0 Å². The Bertz CT molecular complexity index is 316. The Hall–Kier alpha value is -1.72. The molecule has 2 amide bonds. The van der Waals surface area contributed by atoms with Crippen LogP contribution in [0.2, 0.25) is 0 Å². The van der Waals surface area contributed by atoms with Gasteiger partial charge in [-0.3, -0.25) is 4.98 Å².